The summed E-state index contributed by atoms with van der Waals surface area (Å²) in [6.45, 7) is 0. The van der Waals surface area contributed by atoms with Crippen LogP contribution in [-0.2, 0) is 0 Å². The molecule has 2 atom stereocenters. The fraction of sp³-hybridized carbons (Fsp3) is 0.294. The van der Waals surface area contributed by atoms with E-state index in [0.29, 0.717) is 0 Å². The van der Waals surface area contributed by atoms with Gasteiger partial charge in [0.1, 0.15) is 6.10 Å². The largest absolute Gasteiger partial charge is 0.389 e. The van der Waals surface area contributed by atoms with Gasteiger partial charge in [-0.3, -0.25) is 0 Å². The second kappa shape index (κ2) is 7.08. The Balaban J connectivity index is 2.29. The minimum Gasteiger partial charge on any atom is -0.387 e. The van der Waals surface area contributed by atoms with Crippen LogP contribution in [-0.4, -0.2) is 23.8 Å². The van der Waals surface area contributed by atoms with Gasteiger partial charge in [-0.05, 0) is 16.7 Å². The number of rotatable bonds is 5. The first-order valence-corrected chi connectivity index (χ1v) is 6.96. The summed E-state index contributed by atoms with van der Waals surface area (Å²) in [7, 11) is 0. The Morgan fingerprint density at radius 3 is 1.83 bits per heavy atom. The van der Waals surface area contributed by atoms with Crippen molar-refractivity contribution in [3.63, 3.8) is 0 Å². The van der Waals surface area contributed by atoms with Crippen LogP contribution in [0, 0.1) is 0 Å². The molecule has 124 valence electrons. The summed E-state index contributed by atoms with van der Waals surface area (Å²) in [5.41, 5.74) is 1.65. The van der Waals surface area contributed by atoms with Gasteiger partial charge in [-0.1, -0.05) is 54.6 Å². The molecule has 0 aliphatic carbocycles. The third-order valence-electron chi connectivity index (χ3n) is 3.57. The number of benzene rings is 2. The van der Waals surface area contributed by atoms with Gasteiger partial charge in [-0.15, -0.1) is 0 Å². The zero-order valence-electron chi connectivity index (χ0n) is 12.0. The molecular formula is C17H15F5O. The van der Waals surface area contributed by atoms with E-state index in [0.717, 1.165) is 11.1 Å². The summed E-state index contributed by atoms with van der Waals surface area (Å²) in [5.74, 6) is -1.69. The minimum atomic E-state index is -4.64. The van der Waals surface area contributed by atoms with Gasteiger partial charge in [-0.2, -0.15) is 13.2 Å². The van der Waals surface area contributed by atoms with E-state index in [1.165, 1.54) is 12.1 Å². The van der Waals surface area contributed by atoms with Crippen LogP contribution >= 0.6 is 0 Å². The monoisotopic (exact) mass is 330 g/mol. The van der Waals surface area contributed by atoms with Gasteiger partial charge >= 0.3 is 6.18 Å². The maximum Gasteiger partial charge on any atom is 0.389 e. The first kappa shape index (κ1) is 17.4. The molecule has 0 saturated heterocycles. The van der Waals surface area contributed by atoms with Gasteiger partial charge in [0.25, 0.3) is 6.43 Å². The number of aliphatic hydroxyl groups is 1. The normalized spacial score (nSPS) is 14.7. The van der Waals surface area contributed by atoms with Crippen molar-refractivity contribution in [3.8, 4) is 11.1 Å². The Hall–Kier alpha value is -1.95. The highest BCUT2D eigenvalue weighted by Crippen LogP contribution is 2.36. The van der Waals surface area contributed by atoms with E-state index in [1.54, 1.807) is 12.1 Å². The lowest BCUT2D eigenvalue weighted by atomic mass is 9.89. The Labute approximate surface area is 130 Å². The van der Waals surface area contributed by atoms with Crippen LogP contribution in [0.3, 0.4) is 0 Å². The molecule has 23 heavy (non-hydrogen) atoms. The van der Waals surface area contributed by atoms with Crippen molar-refractivity contribution in [1.82, 2.24) is 0 Å². The number of aliphatic hydroxyl groups excluding tert-OH is 1. The highest BCUT2D eigenvalue weighted by atomic mass is 19.4. The van der Waals surface area contributed by atoms with Crippen molar-refractivity contribution >= 4 is 0 Å². The van der Waals surface area contributed by atoms with Gasteiger partial charge in [0.05, 0.1) is 6.42 Å². The molecule has 0 aromatic heterocycles. The Kier molecular flexibility index (Phi) is 5.36. The molecule has 0 aliphatic rings. The lowest BCUT2D eigenvalue weighted by Gasteiger charge is -2.24. The van der Waals surface area contributed by atoms with Crippen molar-refractivity contribution in [2.75, 3.05) is 0 Å². The van der Waals surface area contributed by atoms with E-state index in [1.807, 2.05) is 30.3 Å². The number of alkyl halides is 5. The van der Waals surface area contributed by atoms with Crippen molar-refractivity contribution in [2.45, 2.75) is 31.0 Å². The molecule has 1 N–H and O–H groups in total. The highest BCUT2D eigenvalue weighted by Gasteiger charge is 2.39. The van der Waals surface area contributed by atoms with Crippen LogP contribution in [0.1, 0.15) is 17.9 Å². The van der Waals surface area contributed by atoms with Gasteiger partial charge < -0.3 is 5.11 Å². The summed E-state index contributed by atoms with van der Waals surface area (Å²) in [6, 6.07) is 14.9. The molecular weight excluding hydrogens is 315 g/mol. The first-order chi connectivity index (χ1) is 10.8. The fourth-order valence-corrected chi connectivity index (χ4v) is 2.41. The quantitative estimate of drug-likeness (QED) is 0.764. The van der Waals surface area contributed by atoms with Gasteiger partial charge in [0.15, 0.2) is 0 Å². The molecule has 6 heteroatoms. The van der Waals surface area contributed by atoms with Crippen LogP contribution in [0.25, 0.3) is 11.1 Å². The van der Waals surface area contributed by atoms with E-state index in [2.05, 4.69) is 0 Å². The van der Waals surface area contributed by atoms with E-state index in [-0.39, 0.29) is 5.56 Å². The molecule has 0 fully saturated rings. The smallest absolute Gasteiger partial charge is 0.387 e. The molecule has 0 amide bonds. The molecule has 0 aliphatic heterocycles. The minimum absolute atomic E-state index is 0.0369. The lowest BCUT2D eigenvalue weighted by Crippen LogP contribution is -2.30. The summed E-state index contributed by atoms with van der Waals surface area (Å²) in [6.07, 6.45) is -11.7. The number of hydrogen-bond acceptors (Lipinski definition) is 1. The molecule has 2 rings (SSSR count). The second-order valence-corrected chi connectivity index (χ2v) is 5.24. The third-order valence-corrected chi connectivity index (χ3v) is 3.57. The van der Waals surface area contributed by atoms with E-state index in [9.17, 15) is 27.1 Å². The Morgan fingerprint density at radius 1 is 0.826 bits per heavy atom. The van der Waals surface area contributed by atoms with Crippen molar-refractivity contribution in [3.05, 3.63) is 60.2 Å². The van der Waals surface area contributed by atoms with Gasteiger partial charge in [-0.25, -0.2) is 8.78 Å². The van der Waals surface area contributed by atoms with E-state index < -0.39 is 31.0 Å². The van der Waals surface area contributed by atoms with Crippen LogP contribution < -0.4 is 0 Å². The summed E-state index contributed by atoms with van der Waals surface area (Å²) in [4.78, 5) is 0. The first-order valence-electron chi connectivity index (χ1n) is 6.96. The summed E-state index contributed by atoms with van der Waals surface area (Å²) >= 11 is 0. The number of hydrogen-bond donors (Lipinski definition) is 1. The SMILES string of the molecule is OC(C(F)F)C(CC(F)(F)F)c1ccc(-c2ccccc2)cc1. The molecule has 2 unspecified atom stereocenters. The van der Waals surface area contributed by atoms with Crippen molar-refractivity contribution in [1.29, 1.82) is 0 Å². The average Bonchev–Trinajstić information content (AvgIpc) is 2.52. The molecule has 0 spiro atoms. The van der Waals surface area contributed by atoms with Crippen LogP contribution in [0.15, 0.2) is 54.6 Å². The van der Waals surface area contributed by atoms with Gasteiger partial charge in [0, 0.05) is 5.92 Å². The lowest BCUT2D eigenvalue weighted by molar-refractivity contribution is -0.150. The molecule has 0 heterocycles. The fourth-order valence-electron chi connectivity index (χ4n) is 2.41. The van der Waals surface area contributed by atoms with Gasteiger partial charge in [0.2, 0.25) is 0 Å². The summed E-state index contributed by atoms with van der Waals surface area (Å²) < 4.78 is 63.1. The molecule has 0 bridgehead atoms. The van der Waals surface area contributed by atoms with Crippen molar-refractivity contribution in [2.24, 2.45) is 0 Å². The van der Waals surface area contributed by atoms with Crippen LogP contribution in [0.5, 0.6) is 0 Å². The zero-order chi connectivity index (χ0) is 17.0. The molecule has 2 aromatic carbocycles. The third kappa shape index (κ3) is 4.76. The van der Waals surface area contributed by atoms with Crippen molar-refractivity contribution < 1.29 is 27.1 Å². The number of halogens is 5. The predicted octanol–water partition coefficient (Wildman–Crippen LogP) is 5.02. The zero-order valence-corrected chi connectivity index (χ0v) is 12.0. The maximum absolute atomic E-state index is 12.7. The molecule has 1 nitrogen and oxygen atoms in total. The summed E-state index contributed by atoms with van der Waals surface area (Å²) in [5, 5.41) is 9.44. The Bertz CT molecular complexity index is 607. The second-order valence-electron chi connectivity index (χ2n) is 5.24. The Morgan fingerprint density at radius 2 is 1.35 bits per heavy atom. The van der Waals surface area contributed by atoms with E-state index >= 15 is 0 Å². The molecule has 2 aromatic rings. The predicted molar refractivity (Wildman–Crippen MR) is 77.3 cm³/mol. The standard InChI is InChI=1S/C17H15F5O/c18-16(19)15(23)14(10-17(20,21)22)13-8-6-12(7-9-13)11-4-2-1-3-5-11/h1-9,14-16,23H,10H2. The molecule has 0 radical (unpaired) electrons. The molecule has 0 saturated carbocycles. The van der Waals surface area contributed by atoms with Crippen LogP contribution in [0.4, 0.5) is 22.0 Å². The maximum atomic E-state index is 12.7. The topological polar surface area (TPSA) is 20.2 Å². The highest BCUT2D eigenvalue weighted by molar-refractivity contribution is 5.63. The van der Waals surface area contributed by atoms with E-state index in [4.69, 9.17) is 0 Å². The average molecular weight is 330 g/mol. The van der Waals surface area contributed by atoms with Crippen LogP contribution in [0.2, 0.25) is 0 Å².